The van der Waals surface area contributed by atoms with Crippen LogP contribution in [0.3, 0.4) is 0 Å². The highest BCUT2D eigenvalue weighted by Gasteiger charge is 2.14. The predicted molar refractivity (Wildman–Crippen MR) is 64.0 cm³/mol. The molecule has 1 aromatic rings. The first-order valence-electron chi connectivity index (χ1n) is 6.04. The van der Waals surface area contributed by atoms with Crippen LogP contribution in [0.25, 0.3) is 0 Å². The van der Waals surface area contributed by atoms with Crippen molar-refractivity contribution in [2.45, 2.75) is 12.8 Å². The standard InChI is InChI=1S/C13H15NO5/c15-12(16)2-1-5-14-13(17)9-3-4-10-11(8-9)19-7-6-18-10/h3-4,8H,1-2,5-7H2,(H,14,17)(H,15,16)/p-1. The summed E-state index contributed by atoms with van der Waals surface area (Å²) < 4.78 is 10.7. The summed E-state index contributed by atoms with van der Waals surface area (Å²) in [6, 6.07) is 4.94. The van der Waals surface area contributed by atoms with Crippen LogP contribution in [0.15, 0.2) is 18.2 Å². The summed E-state index contributed by atoms with van der Waals surface area (Å²) in [5.41, 5.74) is 0.456. The summed E-state index contributed by atoms with van der Waals surface area (Å²) in [6.45, 7) is 1.26. The van der Waals surface area contributed by atoms with Crippen molar-refractivity contribution in [2.75, 3.05) is 19.8 Å². The maximum atomic E-state index is 11.8. The lowest BCUT2D eigenvalue weighted by Gasteiger charge is -2.18. The molecule has 0 fully saturated rings. The van der Waals surface area contributed by atoms with Crippen molar-refractivity contribution in [3.8, 4) is 11.5 Å². The molecule has 0 unspecified atom stereocenters. The highest BCUT2D eigenvalue weighted by Crippen LogP contribution is 2.30. The summed E-state index contributed by atoms with van der Waals surface area (Å²) in [5, 5.41) is 12.9. The molecule has 1 aliphatic heterocycles. The third kappa shape index (κ3) is 3.61. The second-order valence-electron chi connectivity index (χ2n) is 4.09. The first kappa shape index (κ1) is 13.2. The zero-order chi connectivity index (χ0) is 13.7. The summed E-state index contributed by atoms with van der Waals surface area (Å²) in [7, 11) is 0. The molecule has 2 rings (SSSR count). The fraction of sp³-hybridized carbons (Fsp3) is 0.385. The molecular formula is C13H14NO5-. The van der Waals surface area contributed by atoms with Crippen LogP contribution in [0.2, 0.25) is 0 Å². The SMILES string of the molecule is O=C([O-])CCCNC(=O)c1ccc2c(c1)OCCO2. The Morgan fingerprint density at radius 3 is 2.68 bits per heavy atom. The lowest BCUT2D eigenvalue weighted by atomic mass is 10.1. The van der Waals surface area contributed by atoms with Crippen molar-refractivity contribution < 1.29 is 24.2 Å². The Labute approximate surface area is 110 Å². The molecule has 6 heteroatoms. The molecule has 1 aromatic carbocycles. The average molecular weight is 264 g/mol. The van der Waals surface area contributed by atoms with E-state index in [9.17, 15) is 14.7 Å². The molecule has 0 atom stereocenters. The van der Waals surface area contributed by atoms with Crippen molar-refractivity contribution in [1.82, 2.24) is 5.32 Å². The minimum Gasteiger partial charge on any atom is -0.550 e. The topological polar surface area (TPSA) is 87.7 Å². The highest BCUT2D eigenvalue weighted by atomic mass is 16.6. The maximum absolute atomic E-state index is 11.8. The van der Waals surface area contributed by atoms with Crippen LogP contribution in [-0.4, -0.2) is 31.6 Å². The van der Waals surface area contributed by atoms with E-state index >= 15 is 0 Å². The smallest absolute Gasteiger partial charge is 0.251 e. The number of ether oxygens (including phenoxy) is 2. The molecule has 0 aromatic heterocycles. The van der Waals surface area contributed by atoms with Gasteiger partial charge in [-0.1, -0.05) is 0 Å². The predicted octanol–water partition coefficient (Wildman–Crippen LogP) is -0.282. The van der Waals surface area contributed by atoms with E-state index in [1.54, 1.807) is 18.2 Å². The van der Waals surface area contributed by atoms with Crippen LogP contribution >= 0.6 is 0 Å². The van der Waals surface area contributed by atoms with E-state index in [0.29, 0.717) is 43.2 Å². The number of rotatable bonds is 5. The van der Waals surface area contributed by atoms with Crippen molar-refractivity contribution >= 4 is 11.9 Å². The third-order valence-corrected chi connectivity index (χ3v) is 2.65. The van der Waals surface area contributed by atoms with Crippen LogP contribution < -0.4 is 19.9 Å². The molecule has 1 aliphatic rings. The summed E-state index contributed by atoms with van der Waals surface area (Å²) in [5.74, 6) is -0.211. The van der Waals surface area contributed by atoms with Crippen LogP contribution in [0, 0.1) is 0 Å². The number of carboxylic acid groups (broad SMARTS) is 1. The van der Waals surface area contributed by atoms with Crippen LogP contribution in [0.1, 0.15) is 23.2 Å². The summed E-state index contributed by atoms with van der Waals surface area (Å²) in [4.78, 5) is 22.0. The van der Waals surface area contributed by atoms with Gasteiger partial charge in [0.05, 0.1) is 0 Å². The van der Waals surface area contributed by atoms with Gasteiger partial charge >= 0.3 is 0 Å². The molecule has 1 heterocycles. The Hall–Kier alpha value is -2.24. The van der Waals surface area contributed by atoms with E-state index in [1.807, 2.05) is 0 Å². The molecule has 0 bridgehead atoms. The van der Waals surface area contributed by atoms with Gasteiger partial charge in [0.2, 0.25) is 0 Å². The molecule has 1 N–H and O–H groups in total. The van der Waals surface area contributed by atoms with Crippen LogP contribution in [0.5, 0.6) is 11.5 Å². The van der Waals surface area contributed by atoms with Gasteiger partial charge in [0, 0.05) is 18.1 Å². The number of aliphatic carboxylic acids is 1. The van der Waals surface area contributed by atoms with Gasteiger partial charge in [-0.2, -0.15) is 0 Å². The lowest BCUT2D eigenvalue weighted by molar-refractivity contribution is -0.305. The Kier molecular flexibility index (Phi) is 4.22. The number of carbonyl (C=O) groups excluding carboxylic acids is 2. The van der Waals surface area contributed by atoms with Gasteiger partial charge in [0.15, 0.2) is 11.5 Å². The average Bonchev–Trinajstić information content (AvgIpc) is 2.42. The van der Waals surface area contributed by atoms with Gasteiger partial charge in [0.25, 0.3) is 5.91 Å². The van der Waals surface area contributed by atoms with Gasteiger partial charge in [0.1, 0.15) is 13.2 Å². The molecule has 0 spiro atoms. The summed E-state index contributed by atoms with van der Waals surface area (Å²) >= 11 is 0. The number of fused-ring (bicyclic) bond motifs is 1. The first-order chi connectivity index (χ1) is 9.16. The number of amides is 1. The molecule has 0 aliphatic carbocycles. The van der Waals surface area contributed by atoms with Gasteiger partial charge in [-0.05, 0) is 31.0 Å². The van der Waals surface area contributed by atoms with Crippen LogP contribution in [0.4, 0.5) is 0 Å². The van der Waals surface area contributed by atoms with Crippen molar-refractivity contribution in [2.24, 2.45) is 0 Å². The Balaban J connectivity index is 1.90. The second-order valence-corrected chi connectivity index (χ2v) is 4.09. The molecule has 6 nitrogen and oxygen atoms in total. The second kappa shape index (κ2) is 6.08. The Morgan fingerprint density at radius 1 is 1.21 bits per heavy atom. The van der Waals surface area contributed by atoms with E-state index in [-0.39, 0.29) is 12.3 Å². The fourth-order valence-electron chi connectivity index (χ4n) is 1.72. The first-order valence-corrected chi connectivity index (χ1v) is 6.04. The quantitative estimate of drug-likeness (QED) is 0.739. The van der Waals surface area contributed by atoms with Crippen molar-refractivity contribution in [3.63, 3.8) is 0 Å². The normalized spacial score (nSPS) is 12.8. The van der Waals surface area contributed by atoms with Gasteiger partial charge < -0.3 is 24.7 Å². The molecule has 1 amide bonds. The van der Waals surface area contributed by atoms with Crippen LogP contribution in [-0.2, 0) is 4.79 Å². The molecule has 0 radical (unpaired) electrons. The summed E-state index contributed by atoms with van der Waals surface area (Å²) in [6.07, 6.45) is 0.278. The Bertz CT molecular complexity index is 486. The molecule has 102 valence electrons. The van der Waals surface area contributed by atoms with Crippen molar-refractivity contribution in [1.29, 1.82) is 0 Å². The number of hydrogen-bond donors (Lipinski definition) is 1. The molecule has 0 saturated carbocycles. The molecular weight excluding hydrogens is 250 g/mol. The van der Waals surface area contributed by atoms with Gasteiger partial charge in [-0.3, -0.25) is 4.79 Å². The zero-order valence-corrected chi connectivity index (χ0v) is 10.3. The largest absolute Gasteiger partial charge is 0.550 e. The monoisotopic (exact) mass is 264 g/mol. The molecule has 19 heavy (non-hydrogen) atoms. The third-order valence-electron chi connectivity index (χ3n) is 2.65. The van der Waals surface area contributed by atoms with E-state index in [1.165, 1.54) is 0 Å². The lowest BCUT2D eigenvalue weighted by Crippen LogP contribution is -2.27. The highest BCUT2D eigenvalue weighted by molar-refractivity contribution is 5.94. The number of hydrogen-bond acceptors (Lipinski definition) is 5. The number of carbonyl (C=O) groups is 2. The van der Waals surface area contributed by atoms with Gasteiger partial charge in [-0.15, -0.1) is 0 Å². The number of nitrogens with one attached hydrogen (secondary N) is 1. The fourth-order valence-corrected chi connectivity index (χ4v) is 1.72. The van der Waals surface area contributed by atoms with E-state index in [2.05, 4.69) is 5.32 Å². The number of benzene rings is 1. The zero-order valence-electron chi connectivity index (χ0n) is 10.3. The maximum Gasteiger partial charge on any atom is 0.251 e. The van der Waals surface area contributed by atoms with Gasteiger partial charge in [-0.25, -0.2) is 0 Å². The van der Waals surface area contributed by atoms with Crippen molar-refractivity contribution in [3.05, 3.63) is 23.8 Å². The minimum absolute atomic E-state index is 0.0680. The van der Waals surface area contributed by atoms with E-state index < -0.39 is 5.97 Å². The van der Waals surface area contributed by atoms with E-state index in [0.717, 1.165) is 0 Å². The minimum atomic E-state index is -1.12. The van der Waals surface area contributed by atoms with E-state index in [4.69, 9.17) is 9.47 Å². The Morgan fingerprint density at radius 2 is 1.95 bits per heavy atom. The molecule has 0 saturated heterocycles. The number of carboxylic acids is 1.